The second-order valence-corrected chi connectivity index (χ2v) is 7.45. The second kappa shape index (κ2) is 6.69. The van der Waals surface area contributed by atoms with Gasteiger partial charge in [0.25, 0.3) is 0 Å². The van der Waals surface area contributed by atoms with Gasteiger partial charge in [-0.25, -0.2) is 0 Å². The van der Waals surface area contributed by atoms with Crippen molar-refractivity contribution in [3.63, 3.8) is 0 Å². The third-order valence-corrected chi connectivity index (χ3v) is 5.29. The number of aliphatic hydroxyl groups is 1. The summed E-state index contributed by atoms with van der Waals surface area (Å²) in [4.78, 5) is 2.58. The summed E-state index contributed by atoms with van der Waals surface area (Å²) in [5.74, 6) is 0.585. The van der Waals surface area contributed by atoms with E-state index in [9.17, 15) is 5.11 Å². The molecule has 3 nitrogen and oxygen atoms in total. The average molecular weight is 303 g/mol. The molecule has 1 N–H and O–H groups in total. The zero-order valence-corrected chi connectivity index (χ0v) is 13.9. The lowest BCUT2D eigenvalue weighted by molar-refractivity contribution is -0.153. The van der Waals surface area contributed by atoms with Crippen molar-refractivity contribution in [3.8, 4) is 0 Å². The van der Waals surface area contributed by atoms with Crippen molar-refractivity contribution in [1.82, 2.24) is 4.90 Å². The van der Waals surface area contributed by atoms with Gasteiger partial charge in [0.05, 0.1) is 25.2 Å². The maximum Gasteiger partial charge on any atom is 0.0579 e. The number of piperidine rings is 1. The second-order valence-electron chi connectivity index (χ2n) is 7.45. The number of nitrogens with zero attached hydrogens (tertiary/aromatic N) is 1. The molecule has 22 heavy (non-hydrogen) atoms. The Kier molecular flexibility index (Phi) is 4.86. The van der Waals surface area contributed by atoms with Crippen molar-refractivity contribution in [2.75, 3.05) is 32.9 Å². The van der Waals surface area contributed by atoms with Crippen LogP contribution in [0.1, 0.15) is 56.2 Å². The van der Waals surface area contributed by atoms with E-state index in [2.05, 4.69) is 43.0 Å². The standard InChI is InChI=1S/C19H29NO2/c1-15(2)16-6-8-17(9-7-16)18-5-3-4-10-20(18)11-19(12-21)13-22-14-19/h6-9,15,18,21H,3-5,10-14H2,1-2H3/t18-/m1/s1. The van der Waals surface area contributed by atoms with Gasteiger partial charge in [-0.2, -0.15) is 0 Å². The van der Waals surface area contributed by atoms with Gasteiger partial charge < -0.3 is 9.84 Å². The molecular formula is C19H29NO2. The molecule has 2 aliphatic heterocycles. The number of rotatable bonds is 5. The summed E-state index contributed by atoms with van der Waals surface area (Å²) in [6.07, 6.45) is 3.79. The van der Waals surface area contributed by atoms with Gasteiger partial charge in [0.2, 0.25) is 0 Å². The van der Waals surface area contributed by atoms with Gasteiger partial charge in [0, 0.05) is 12.6 Å². The Labute approximate surface area is 134 Å². The van der Waals surface area contributed by atoms with E-state index >= 15 is 0 Å². The average Bonchev–Trinajstić information content (AvgIpc) is 2.51. The van der Waals surface area contributed by atoms with Crippen LogP contribution >= 0.6 is 0 Å². The van der Waals surface area contributed by atoms with Gasteiger partial charge in [0.1, 0.15) is 0 Å². The zero-order valence-electron chi connectivity index (χ0n) is 13.9. The van der Waals surface area contributed by atoms with Gasteiger partial charge in [-0.05, 0) is 36.4 Å². The first-order valence-electron chi connectivity index (χ1n) is 8.66. The first kappa shape index (κ1) is 16.0. The van der Waals surface area contributed by atoms with Gasteiger partial charge >= 0.3 is 0 Å². The van der Waals surface area contributed by atoms with E-state index in [1.54, 1.807) is 0 Å². The van der Waals surface area contributed by atoms with Gasteiger partial charge in [-0.1, -0.05) is 44.5 Å². The molecular weight excluding hydrogens is 274 g/mol. The monoisotopic (exact) mass is 303 g/mol. The molecule has 2 heterocycles. The molecule has 3 rings (SSSR count). The highest BCUT2D eigenvalue weighted by Gasteiger charge is 2.41. The molecule has 2 fully saturated rings. The first-order valence-corrected chi connectivity index (χ1v) is 8.66. The number of ether oxygens (including phenoxy) is 1. The van der Waals surface area contributed by atoms with Crippen LogP contribution in [-0.2, 0) is 4.74 Å². The summed E-state index contributed by atoms with van der Waals surface area (Å²) in [7, 11) is 0. The normalized spacial score (nSPS) is 25.2. The lowest BCUT2D eigenvalue weighted by atomic mass is 9.84. The van der Waals surface area contributed by atoms with E-state index < -0.39 is 0 Å². The van der Waals surface area contributed by atoms with E-state index in [1.165, 1.54) is 30.4 Å². The molecule has 0 radical (unpaired) electrons. The van der Waals surface area contributed by atoms with E-state index in [1.807, 2.05) is 0 Å². The fraction of sp³-hybridized carbons (Fsp3) is 0.684. The largest absolute Gasteiger partial charge is 0.396 e. The Morgan fingerprint density at radius 2 is 1.95 bits per heavy atom. The van der Waals surface area contributed by atoms with Gasteiger partial charge in [0.15, 0.2) is 0 Å². The third-order valence-electron chi connectivity index (χ3n) is 5.29. The number of likely N-dealkylation sites (tertiary alicyclic amines) is 1. The summed E-state index contributed by atoms with van der Waals surface area (Å²) < 4.78 is 5.37. The summed E-state index contributed by atoms with van der Waals surface area (Å²) in [6, 6.07) is 9.67. The van der Waals surface area contributed by atoms with Crippen molar-refractivity contribution in [1.29, 1.82) is 0 Å². The summed E-state index contributed by atoms with van der Waals surface area (Å²) in [5, 5.41) is 9.71. The van der Waals surface area contributed by atoms with Gasteiger partial charge in [-0.3, -0.25) is 4.90 Å². The van der Waals surface area contributed by atoms with E-state index in [0.29, 0.717) is 25.2 Å². The minimum absolute atomic E-state index is 0.0204. The van der Waals surface area contributed by atoms with Crippen LogP contribution in [0.2, 0.25) is 0 Å². The van der Waals surface area contributed by atoms with Crippen molar-refractivity contribution in [2.24, 2.45) is 5.41 Å². The van der Waals surface area contributed by atoms with Crippen molar-refractivity contribution < 1.29 is 9.84 Å². The summed E-state index contributed by atoms with van der Waals surface area (Å²) in [5.41, 5.74) is 2.82. The maximum absolute atomic E-state index is 9.71. The minimum atomic E-state index is -0.0204. The number of benzene rings is 1. The van der Waals surface area contributed by atoms with Crippen molar-refractivity contribution in [2.45, 2.75) is 45.1 Å². The molecule has 1 aromatic rings. The Bertz CT molecular complexity index is 473. The number of aliphatic hydroxyl groups excluding tert-OH is 1. The Morgan fingerprint density at radius 3 is 2.50 bits per heavy atom. The molecule has 3 heteroatoms. The van der Waals surface area contributed by atoms with E-state index in [0.717, 1.165) is 13.1 Å². The molecule has 1 atom stereocenters. The molecule has 0 aromatic heterocycles. The molecule has 2 saturated heterocycles. The molecule has 2 aliphatic rings. The Morgan fingerprint density at radius 1 is 1.23 bits per heavy atom. The highest BCUT2D eigenvalue weighted by atomic mass is 16.5. The zero-order chi connectivity index (χ0) is 15.6. The quantitative estimate of drug-likeness (QED) is 0.905. The van der Waals surface area contributed by atoms with Crippen LogP contribution in [0.3, 0.4) is 0 Å². The number of hydrogen-bond acceptors (Lipinski definition) is 3. The molecule has 0 amide bonds. The minimum Gasteiger partial charge on any atom is -0.396 e. The highest BCUT2D eigenvalue weighted by Crippen LogP contribution is 2.36. The predicted octanol–water partition coefficient (Wildman–Crippen LogP) is 3.35. The Balaban J connectivity index is 1.74. The van der Waals surface area contributed by atoms with Crippen molar-refractivity contribution >= 4 is 0 Å². The van der Waals surface area contributed by atoms with Crippen LogP contribution in [0.5, 0.6) is 0 Å². The smallest absolute Gasteiger partial charge is 0.0579 e. The molecule has 122 valence electrons. The van der Waals surface area contributed by atoms with Crippen molar-refractivity contribution in [3.05, 3.63) is 35.4 Å². The summed E-state index contributed by atoms with van der Waals surface area (Å²) >= 11 is 0. The third kappa shape index (κ3) is 3.22. The fourth-order valence-corrected chi connectivity index (χ4v) is 3.71. The van der Waals surface area contributed by atoms with Crippen LogP contribution in [-0.4, -0.2) is 42.9 Å². The molecule has 0 unspecified atom stereocenters. The van der Waals surface area contributed by atoms with Gasteiger partial charge in [-0.15, -0.1) is 0 Å². The Hall–Kier alpha value is -0.900. The SMILES string of the molecule is CC(C)c1ccc([C@H]2CCCCN2CC2(CO)COC2)cc1. The number of hydrogen-bond donors (Lipinski definition) is 1. The fourth-order valence-electron chi connectivity index (χ4n) is 3.71. The lowest BCUT2D eigenvalue weighted by Gasteiger charge is -2.47. The molecule has 0 saturated carbocycles. The summed E-state index contributed by atoms with van der Waals surface area (Å²) in [6.45, 7) is 8.23. The van der Waals surface area contributed by atoms with E-state index in [-0.39, 0.29) is 12.0 Å². The predicted molar refractivity (Wildman–Crippen MR) is 89.0 cm³/mol. The lowest BCUT2D eigenvalue weighted by Crippen LogP contribution is -2.54. The molecule has 0 spiro atoms. The van der Waals surface area contributed by atoms with Crippen LogP contribution < -0.4 is 0 Å². The van der Waals surface area contributed by atoms with Crippen LogP contribution in [0.15, 0.2) is 24.3 Å². The van der Waals surface area contributed by atoms with Crippen LogP contribution in [0.25, 0.3) is 0 Å². The molecule has 0 aliphatic carbocycles. The van der Waals surface area contributed by atoms with Crippen LogP contribution in [0.4, 0.5) is 0 Å². The topological polar surface area (TPSA) is 32.7 Å². The molecule has 0 bridgehead atoms. The highest BCUT2D eigenvalue weighted by molar-refractivity contribution is 5.27. The maximum atomic E-state index is 9.71. The van der Waals surface area contributed by atoms with E-state index in [4.69, 9.17) is 4.74 Å². The molecule has 1 aromatic carbocycles. The van der Waals surface area contributed by atoms with Crippen LogP contribution in [0, 0.1) is 5.41 Å². The first-order chi connectivity index (χ1) is 10.6.